The van der Waals surface area contributed by atoms with Crippen molar-refractivity contribution < 1.29 is 4.74 Å². The molecule has 0 bridgehead atoms. The second kappa shape index (κ2) is 6.63. The molecular weight excluding hydrogens is 288 g/mol. The maximum atomic E-state index is 7.37. The molecule has 0 aliphatic rings. The third-order valence-electron chi connectivity index (χ3n) is 3.32. The molecule has 6 heteroatoms. The number of hydrogen-bond donors (Lipinski definition) is 2. The Balaban J connectivity index is 2.03. The summed E-state index contributed by atoms with van der Waals surface area (Å²) in [5.74, 6) is 0.538. The monoisotopic (exact) mass is 306 g/mol. The first kappa shape index (κ1) is 15.4. The molecule has 5 nitrogen and oxygen atoms in total. The van der Waals surface area contributed by atoms with Crippen LogP contribution in [0.15, 0.2) is 30.5 Å². The number of nitrogens with two attached hydrogens (primary N) is 1. The molecule has 0 fully saturated rings. The van der Waals surface area contributed by atoms with Crippen LogP contribution >= 0.6 is 11.6 Å². The van der Waals surface area contributed by atoms with Gasteiger partial charge in [0, 0.05) is 17.8 Å². The van der Waals surface area contributed by atoms with Gasteiger partial charge in [0.25, 0.3) is 0 Å². The minimum absolute atomic E-state index is 0.0178. The fourth-order valence-electron chi connectivity index (χ4n) is 1.82. The number of nitrogens with zero attached hydrogens (tertiary/aromatic N) is 2. The van der Waals surface area contributed by atoms with Gasteiger partial charge in [-0.15, -0.1) is 0 Å². The van der Waals surface area contributed by atoms with Crippen LogP contribution in [-0.4, -0.2) is 15.6 Å². The van der Waals surface area contributed by atoms with Crippen molar-refractivity contribution in [2.45, 2.75) is 32.9 Å². The minimum atomic E-state index is -0.0178. The highest BCUT2D eigenvalue weighted by Crippen LogP contribution is 2.26. The summed E-state index contributed by atoms with van der Waals surface area (Å²) in [5, 5.41) is 12.3. The van der Waals surface area contributed by atoms with Crippen molar-refractivity contribution in [3.05, 3.63) is 46.7 Å². The first-order valence-electron chi connectivity index (χ1n) is 6.82. The number of rotatable bonds is 6. The molecule has 0 aliphatic heterocycles. The zero-order valence-electron chi connectivity index (χ0n) is 12.1. The number of amidine groups is 1. The van der Waals surface area contributed by atoms with Gasteiger partial charge in [-0.25, -0.2) is 0 Å². The Bertz CT molecular complexity index is 638. The zero-order chi connectivity index (χ0) is 15.4. The standard InChI is InChI=1S/C15H19ClN4O/c1-3-10(2)20-7-6-12(19-20)9-21-14-5-4-11(15(17)18)8-13(14)16/h4-8,10H,3,9H2,1-2H3,(H3,17,18). The lowest BCUT2D eigenvalue weighted by Crippen LogP contribution is -2.10. The van der Waals surface area contributed by atoms with Crippen LogP contribution < -0.4 is 10.5 Å². The number of hydrogen-bond acceptors (Lipinski definition) is 3. The van der Waals surface area contributed by atoms with Gasteiger partial charge in [-0.1, -0.05) is 18.5 Å². The second-order valence-corrected chi connectivity index (χ2v) is 5.30. The Labute approximate surface area is 129 Å². The number of nitrogens with one attached hydrogen (secondary N) is 1. The van der Waals surface area contributed by atoms with Gasteiger partial charge in [0.1, 0.15) is 18.2 Å². The van der Waals surface area contributed by atoms with E-state index in [0.717, 1.165) is 12.1 Å². The van der Waals surface area contributed by atoms with E-state index in [1.165, 1.54) is 0 Å². The van der Waals surface area contributed by atoms with E-state index in [-0.39, 0.29) is 5.84 Å². The molecule has 21 heavy (non-hydrogen) atoms. The second-order valence-electron chi connectivity index (χ2n) is 4.89. The Morgan fingerprint density at radius 3 is 2.86 bits per heavy atom. The van der Waals surface area contributed by atoms with Crippen LogP contribution in [0.25, 0.3) is 0 Å². The fourth-order valence-corrected chi connectivity index (χ4v) is 2.06. The van der Waals surface area contributed by atoms with Gasteiger partial charge in [-0.3, -0.25) is 10.1 Å². The Morgan fingerprint density at radius 2 is 2.24 bits per heavy atom. The number of nitrogen functional groups attached to an aromatic ring is 1. The third-order valence-corrected chi connectivity index (χ3v) is 3.62. The molecule has 2 rings (SSSR count). The van der Waals surface area contributed by atoms with Crippen LogP contribution in [0, 0.1) is 5.41 Å². The summed E-state index contributed by atoms with van der Waals surface area (Å²) in [6, 6.07) is 7.35. The molecule has 0 aliphatic carbocycles. The number of benzene rings is 1. The summed E-state index contributed by atoms with van der Waals surface area (Å²) in [5.41, 5.74) is 6.84. The minimum Gasteiger partial charge on any atom is -0.486 e. The molecule has 112 valence electrons. The molecule has 2 aromatic rings. The summed E-state index contributed by atoms with van der Waals surface area (Å²) in [6.45, 7) is 4.59. The molecule has 1 heterocycles. The van der Waals surface area contributed by atoms with E-state index >= 15 is 0 Å². The SMILES string of the molecule is CCC(C)n1ccc(COc2ccc(C(=N)N)cc2Cl)n1. The molecular formula is C15H19ClN4O. The van der Waals surface area contributed by atoms with Crippen LogP contribution in [0.4, 0.5) is 0 Å². The maximum Gasteiger partial charge on any atom is 0.138 e. The zero-order valence-corrected chi connectivity index (χ0v) is 12.9. The van der Waals surface area contributed by atoms with Crippen molar-refractivity contribution in [2.24, 2.45) is 5.73 Å². The average Bonchev–Trinajstić information content (AvgIpc) is 2.93. The quantitative estimate of drug-likeness (QED) is 0.634. The highest BCUT2D eigenvalue weighted by atomic mass is 35.5. The van der Waals surface area contributed by atoms with E-state index in [9.17, 15) is 0 Å². The lowest BCUT2D eigenvalue weighted by atomic mass is 10.2. The Kier molecular flexibility index (Phi) is 4.85. The number of aromatic nitrogens is 2. The van der Waals surface area contributed by atoms with Crippen LogP contribution in [0.1, 0.15) is 37.6 Å². The maximum absolute atomic E-state index is 7.37. The smallest absolute Gasteiger partial charge is 0.138 e. The predicted octanol–water partition coefficient (Wildman–Crippen LogP) is 3.37. The van der Waals surface area contributed by atoms with Gasteiger partial charge in [0.05, 0.1) is 10.7 Å². The molecule has 1 aromatic carbocycles. The van der Waals surface area contributed by atoms with Crippen LogP contribution in [-0.2, 0) is 6.61 Å². The molecule has 3 N–H and O–H groups in total. The first-order valence-corrected chi connectivity index (χ1v) is 7.19. The van der Waals surface area contributed by atoms with Gasteiger partial charge < -0.3 is 10.5 Å². The van der Waals surface area contributed by atoms with E-state index in [0.29, 0.717) is 29.0 Å². The van der Waals surface area contributed by atoms with Crippen LogP contribution in [0.3, 0.4) is 0 Å². The van der Waals surface area contributed by atoms with E-state index in [1.807, 2.05) is 16.9 Å². The molecule has 0 amide bonds. The van der Waals surface area contributed by atoms with Gasteiger partial charge in [0.2, 0.25) is 0 Å². The molecule has 1 unspecified atom stereocenters. The summed E-state index contributed by atoms with van der Waals surface area (Å²) in [4.78, 5) is 0. The average molecular weight is 307 g/mol. The fraction of sp³-hybridized carbons (Fsp3) is 0.333. The van der Waals surface area contributed by atoms with Crippen molar-refractivity contribution in [3.8, 4) is 5.75 Å². The van der Waals surface area contributed by atoms with E-state index in [1.54, 1.807) is 18.2 Å². The molecule has 1 aromatic heterocycles. The Hall–Kier alpha value is -2.01. The van der Waals surface area contributed by atoms with E-state index < -0.39 is 0 Å². The number of halogens is 1. The molecule has 0 saturated carbocycles. The highest BCUT2D eigenvalue weighted by Gasteiger charge is 2.08. The summed E-state index contributed by atoms with van der Waals surface area (Å²) in [6.07, 6.45) is 2.98. The van der Waals surface area contributed by atoms with Gasteiger partial charge in [-0.2, -0.15) is 5.10 Å². The van der Waals surface area contributed by atoms with E-state index in [2.05, 4.69) is 18.9 Å². The number of ether oxygens (including phenoxy) is 1. The third kappa shape index (κ3) is 3.76. The lowest BCUT2D eigenvalue weighted by molar-refractivity contribution is 0.298. The van der Waals surface area contributed by atoms with Gasteiger partial charge in [0.15, 0.2) is 0 Å². The van der Waals surface area contributed by atoms with Gasteiger partial charge >= 0.3 is 0 Å². The predicted molar refractivity (Wildman–Crippen MR) is 84.0 cm³/mol. The highest BCUT2D eigenvalue weighted by molar-refractivity contribution is 6.32. The normalized spacial score (nSPS) is 12.1. The largest absolute Gasteiger partial charge is 0.486 e. The molecule has 0 spiro atoms. The summed E-state index contributed by atoms with van der Waals surface area (Å²) < 4.78 is 7.59. The van der Waals surface area contributed by atoms with Crippen molar-refractivity contribution in [2.75, 3.05) is 0 Å². The van der Waals surface area contributed by atoms with Crippen molar-refractivity contribution >= 4 is 17.4 Å². The first-order chi connectivity index (χ1) is 10.0. The molecule has 1 atom stereocenters. The van der Waals surface area contributed by atoms with E-state index in [4.69, 9.17) is 27.5 Å². The van der Waals surface area contributed by atoms with Crippen molar-refractivity contribution in [1.82, 2.24) is 9.78 Å². The topological polar surface area (TPSA) is 76.9 Å². The van der Waals surface area contributed by atoms with Crippen LogP contribution in [0.2, 0.25) is 5.02 Å². The van der Waals surface area contributed by atoms with Crippen molar-refractivity contribution in [3.63, 3.8) is 0 Å². The molecule has 0 radical (unpaired) electrons. The summed E-state index contributed by atoms with van der Waals surface area (Å²) >= 11 is 6.11. The van der Waals surface area contributed by atoms with Crippen molar-refractivity contribution in [1.29, 1.82) is 5.41 Å². The summed E-state index contributed by atoms with van der Waals surface area (Å²) in [7, 11) is 0. The Morgan fingerprint density at radius 1 is 1.48 bits per heavy atom. The van der Waals surface area contributed by atoms with Gasteiger partial charge in [-0.05, 0) is 37.6 Å². The lowest BCUT2D eigenvalue weighted by Gasteiger charge is -2.09. The molecule has 0 saturated heterocycles. The van der Waals surface area contributed by atoms with Crippen LogP contribution in [0.5, 0.6) is 5.75 Å².